The number of halogens is 1. The molecule has 0 spiro atoms. The van der Waals surface area contributed by atoms with E-state index in [2.05, 4.69) is 15.0 Å². The van der Waals surface area contributed by atoms with Gasteiger partial charge in [0.1, 0.15) is 0 Å². The first-order valence-electron chi connectivity index (χ1n) is 5.32. The van der Waals surface area contributed by atoms with Gasteiger partial charge in [0.2, 0.25) is 0 Å². The highest BCUT2D eigenvalue weighted by molar-refractivity contribution is 7.89. The molecule has 0 amide bonds. The summed E-state index contributed by atoms with van der Waals surface area (Å²) in [6, 6.07) is 5.09. The van der Waals surface area contributed by atoms with Gasteiger partial charge in [0.25, 0.3) is 10.0 Å². The van der Waals surface area contributed by atoms with Crippen LogP contribution in [0.1, 0.15) is 12.8 Å². The van der Waals surface area contributed by atoms with Gasteiger partial charge in [-0.05, 0) is 31.5 Å². The minimum absolute atomic E-state index is 0. The molecule has 0 bridgehead atoms. The molecule has 2 heterocycles. The molecule has 0 radical (unpaired) electrons. The number of nitrogens with one attached hydrogen (secondary N) is 2. The Bertz CT molecular complexity index is 432. The molecule has 0 saturated carbocycles. The standard InChI is InChI=1S/C10H15N3O2S.ClH/c14-16(15,10-5-1-2-6-12-10)13-8-9-4-3-7-11-9;/h1-2,5-6,9,11,13H,3-4,7-8H2;1H. The van der Waals surface area contributed by atoms with E-state index < -0.39 is 10.0 Å². The van der Waals surface area contributed by atoms with Gasteiger partial charge >= 0.3 is 0 Å². The molecule has 0 aromatic carbocycles. The van der Waals surface area contributed by atoms with Crippen LogP contribution in [0, 0.1) is 0 Å². The zero-order valence-electron chi connectivity index (χ0n) is 9.30. The van der Waals surface area contributed by atoms with Crippen LogP contribution < -0.4 is 10.0 Å². The van der Waals surface area contributed by atoms with Crippen LogP contribution in [0.4, 0.5) is 0 Å². The van der Waals surface area contributed by atoms with Gasteiger partial charge in [0, 0.05) is 18.8 Å². The van der Waals surface area contributed by atoms with Crippen molar-refractivity contribution >= 4 is 22.4 Å². The number of pyridine rings is 1. The zero-order chi connectivity index (χ0) is 11.4. The molecule has 1 saturated heterocycles. The summed E-state index contributed by atoms with van der Waals surface area (Å²) in [4.78, 5) is 3.82. The smallest absolute Gasteiger partial charge is 0.258 e. The molecule has 1 atom stereocenters. The SMILES string of the molecule is Cl.O=S(=O)(NCC1CCCN1)c1ccccn1. The lowest BCUT2D eigenvalue weighted by molar-refractivity contribution is 0.549. The second kappa shape index (κ2) is 6.30. The summed E-state index contributed by atoms with van der Waals surface area (Å²) in [5.74, 6) is 0. The van der Waals surface area contributed by atoms with E-state index in [-0.39, 0.29) is 23.5 Å². The molecular weight excluding hydrogens is 262 g/mol. The van der Waals surface area contributed by atoms with Crippen molar-refractivity contribution < 1.29 is 8.42 Å². The summed E-state index contributed by atoms with van der Waals surface area (Å²) in [6.07, 6.45) is 3.60. The van der Waals surface area contributed by atoms with Gasteiger partial charge in [-0.1, -0.05) is 6.07 Å². The van der Waals surface area contributed by atoms with Gasteiger partial charge in [-0.25, -0.2) is 18.1 Å². The molecule has 5 nitrogen and oxygen atoms in total. The first-order valence-corrected chi connectivity index (χ1v) is 6.81. The first-order chi connectivity index (χ1) is 7.68. The Kier molecular flexibility index (Phi) is 5.32. The van der Waals surface area contributed by atoms with Crippen LogP contribution in [0.3, 0.4) is 0 Å². The van der Waals surface area contributed by atoms with Crippen molar-refractivity contribution in [3.63, 3.8) is 0 Å². The third kappa shape index (κ3) is 3.92. The predicted octanol–water partition coefficient (Wildman–Crippen LogP) is 0.534. The maximum Gasteiger partial charge on any atom is 0.258 e. The molecule has 2 rings (SSSR count). The van der Waals surface area contributed by atoms with Crippen molar-refractivity contribution in [2.24, 2.45) is 0 Å². The lowest BCUT2D eigenvalue weighted by Gasteiger charge is -2.11. The van der Waals surface area contributed by atoms with Crippen molar-refractivity contribution in [2.45, 2.75) is 23.9 Å². The van der Waals surface area contributed by atoms with Crippen LogP contribution in [0.15, 0.2) is 29.4 Å². The molecule has 1 aliphatic rings. The summed E-state index contributed by atoms with van der Waals surface area (Å²) in [6.45, 7) is 1.40. The summed E-state index contributed by atoms with van der Waals surface area (Å²) in [5, 5.41) is 3.31. The van der Waals surface area contributed by atoms with E-state index >= 15 is 0 Å². The van der Waals surface area contributed by atoms with Gasteiger partial charge in [0.15, 0.2) is 5.03 Å². The van der Waals surface area contributed by atoms with E-state index in [0.29, 0.717) is 6.54 Å². The van der Waals surface area contributed by atoms with Crippen LogP contribution >= 0.6 is 12.4 Å². The van der Waals surface area contributed by atoms with Gasteiger partial charge in [-0.15, -0.1) is 12.4 Å². The van der Waals surface area contributed by atoms with Crippen molar-refractivity contribution in [3.05, 3.63) is 24.4 Å². The normalized spacial score (nSPS) is 19.9. The van der Waals surface area contributed by atoms with Crippen LogP contribution in [0.5, 0.6) is 0 Å². The number of sulfonamides is 1. The minimum atomic E-state index is -3.45. The highest BCUT2D eigenvalue weighted by Crippen LogP contribution is 2.06. The topological polar surface area (TPSA) is 71.1 Å². The monoisotopic (exact) mass is 277 g/mol. The minimum Gasteiger partial charge on any atom is -0.313 e. The van der Waals surface area contributed by atoms with Gasteiger partial charge < -0.3 is 5.32 Å². The van der Waals surface area contributed by atoms with Gasteiger partial charge in [0.05, 0.1) is 0 Å². The molecule has 17 heavy (non-hydrogen) atoms. The predicted molar refractivity (Wildman–Crippen MR) is 67.7 cm³/mol. The number of hydrogen-bond donors (Lipinski definition) is 2. The van der Waals surface area contributed by atoms with Crippen LogP contribution in [0.25, 0.3) is 0 Å². The fraction of sp³-hybridized carbons (Fsp3) is 0.500. The van der Waals surface area contributed by atoms with Crippen LogP contribution in [0.2, 0.25) is 0 Å². The first kappa shape index (κ1) is 14.4. The number of nitrogens with zero attached hydrogens (tertiary/aromatic N) is 1. The molecule has 96 valence electrons. The fourth-order valence-electron chi connectivity index (χ4n) is 1.72. The fourth-order valence-corrected chi connectivity index (χ4v) is 2.75. The summed E-state index contributed by atoms with van der Waals surface area (Å²) in [7, 11) is -3.45. The van der Waals surface area contributed by atoms with E-state index in [9.17, 15) is 8.42 Å². The number of aromatic nitrogens is 1. The van der Waals surface area contributed by atoms with Gasteiger partial charge in [-0.2, -0.15) is 0 Å². The lowest BCUT2D eigenvalue weighted by Crippen LogP contribution is -2.37. The second-order valence-electron chi connectivity index (χ2n) is 3.81. The third-order valence-corrected chi connectivity index (χ3v) is 3.93. The highest BCUT2D eigenvalue weighted by Gasteiger charge is 2.19. The molecule has 1 fully saturated rings. The quantitative estimate of drug-likeness (QED) is 0.842. The Morgan fingerprint density at radius 2 is 2.29 bits per heavy atom. The Labute approximate surface area is 107 Å². The molecule has 1 aliphatic heterocycles. The average molecular weight is 278 g/mol. The average Bonchev–Trinajstić information content (AvgIpc) is 2.81. The van der Waals surface area contributed by atoms with Crippen LogP contribution in [-0.4, -0.2) is 32.5 Å². The molecule has 1 aromatic rings. The molecule has 1 unspecified atom stereocenters. The van der Waals surface area contributed by atoms with Crippen LogP contribution in [-0.2, 0) is 10.0 Å². The van der Waals surface area contributed by atoms with E-state index in [1.165, 1.54) is 12.3 Å². The summed E-state index contributed by atoms with van der Waals surface area (Å²) in [5.41, 5.74) is 0. The summed E-state index contributed by atoms with van der Waals surface area (Å²) < 4.78 is 26.1. The largest absolute Gasteiger partial charge is 0.313 e. The van der Waals surface area contributed by atoms with Crippen molar-refractivity contribution in [2.75, 3.05) is 13.1 Å². The van der Waals surface area contributed by atoms with E-state index in [1.54, 1.807) is 12.1 Å². The number of rotatable bonds is 4. The molecule has 2 N–H and O–H groups in total. The van der Waals surface area contributed by atoms with Gasteiger partial charge in [-0.3, -0.25) is 0 Å². The van der Waals surface area contributed by atoms with E-state index in [4.69, 9.17) is 0 Å². The van der Waals surface area contributed by atoms with E-state index in [0.717, 1.165) is 19.4 Å². The Morgan fingerprint density at radius 3 is 2.88 bits per heavy atom. The molecule has 1 aromatic heterocycles. The van der Waals surface area contributed by atoms with Crippen molar-refractivity contribution in [1.82, 2.24) is 15.0 Å². The molecule has 0 aliphatic carbocycles. The second-order valence-corrected chi connectivity index (χ2v) is 5.53. The molecular formula is C10H16ClN3O2S. The third-order valence-electron chi connectivity index (χ3n) is 2.60. The van der Waals surface area contributed by atoms with E-state index in [1.807, 2.05) is 0 Å². The maximum absolute atomic E-state index is 11.8. The number of hydrogen-bond acceptors (Lipinski definition) is 4. The lowest BCUT2D eigenvalue weighted by atomic mass is 10.2. The Balaban J connectivity index is 0.00000144. The maximum atomic E-state index is 11.8. The Morgan fingerprint density at radius 1 is 1.47 bits per heavy atom. The van der Waals surface area contributed by atoms with Crippen molar-refractivity contribution in [3.8, 4) is 0 Å². The summed E-state index contributed by atoms with van der Waals surface area (Å²) >= 11 is 0. The molecule has 7 heteroatoms. The highest BCUT2D eigenvalue weighted by atomic mass is 35.5. The van der Waals surface area contributed by atoms with Crippen molar-refractivity contribution in [1.29, 1.82) is 0 Å². The Hall–Kier alpha value is -0.690. The zero-order valence-corrected chi connectivity index (χ0v) is 10.9.